The summed E-state index contributed by atoms with van der Waals surface area (Å²) < 4.78 is 1.74. The van der Waals surface area contributed by atoms with Crippen LogP contribution in [0.1, 0.15) is 49.5 Å². The Kier molecular flexibility index (Phi) is 6.44. The molecule has 2 amide bonds. The molecule has 2 aromatic rings. The molecule has 0 saturated carbocycles. The van der Waals surface area contributed by atoms with E-state index in [9.17, 15) is 9.59 Å². The van der Waals surface area contributed by atoms with Crippen molar-refractivity contribution in [3.05, 3.63) is 48.0 Å². The summed E-state index contributed by atoms with van der Waals surface area (Å²) in [6.07, 6.45) is 4.60. The Hall–Kier alpha value is -2.70. The summed E-state index contributed by atoms with van der Waals surface area (Å²) in [7, 11) is 0. The van der Waals surface area contributed by atoms with E-state index in [1.807, 2.05) is 36.1 Å². The summed E-state index contributed by atoms with van der Waals surface area (Å²) in [6.45, 7) is 8.10. The Balaban J connectivity index is 1.51. The minimum absolute atomic E-state index is 0.00435. The molecule has 0 aliphatic carbocycles. The monoisotopic (exact) mass is 383 g/mol. The van der Waals surface area contributed by atoms with Crippen molar-refractivity contribution in [2.45, 2.75) is 46.2 Å². The van der Waals surface area contributed by atoms with Crippen molar-refractivity contribution in [2.75, 3.05) is 13.1 Å². The predicted octanol–water partition coefficient (Wildman–Crippen LogP) is 2.34. The maximum atomic E-state index is 12.8. The zero-order valence-electron chi connectivity index (χ0n) is 16.8. The van der Waals surface area contributed by atoms with Crippen LogP contribution < -0.4 is 5.32 Å². The molecule has 2 heterocycles. The summed E-state index contributed by atoms with van der Waals surface area (Å²) in [4.78, 5) is 31.0. The number of hydrogen-bond acceptors (Lipinski definition) is 4. The molecule has 1 atom stereocenters. The van der Waals surface area contributed by atoms with Crippen LogP contribution in [0.4, 0.5) is 0 Å². The summed E-state index contributed by atoms with van der Waals surface area (Å²) in [5, 5.41) is 7.18. The van der Waals surface area contributed by atoms with Crippen molar-refractivity contribution >= 4 is 11.8 Å². The molecule has 1 unspecified atom stereocenters. The van der Waals surface area contributed by atoms with Gasteiger partial charge < -0.3 is 10.2 Å². The van der Waals surface area contributed by atoms with Gasteiger partial charge in [-0.2, -0.15) is 5.10 Å². The van der Waals surface area contributed by atoms with E-state index in [0.717, 1.165) is 5.56 Å². The molecule has 1 aliphatic rings. The molecule has 1 aliphatic heterocycles. The SMILES string of the molecule is CC(C)C(C)NC(=O)C1CCN(C(=O)c2ccc(Cn3cncn3)cc2)CC1. The molecule has 7 heteroatoms. The number of benzene rings is 1. The first-order chi connectivity index (χ1) is 13.4. The van der Waals surface area contributed by atoms with Crippen LogP contribution in [0.15, 0.2) is 36.9 Å². The van der Waals surface area contributed by atoms with Crippen molar-refractivity contribution in [3.8, 4) is 0 Å². The van der Waals surface area contributed by atoms with Gasteiger partial charge in [0.1, 0.15) is 12.7 Å². The number of rotatable bonds is 6. The predicted molar refractivity (Wildman–Crippen MR) is 107 cm³/mol. The number of carbonyl (C=O) groups excluding carboxylic acids is 2. The van der Waals surface area contributed by atoms with Gasteiger partial charge in [-0.25, -0.2) is 9.67 Å². The van der Waals surface area contributed by atoms with Crippen molar-refractivity contribution in [1.82, 2.24) is 25.0 Å². The quantitative estimate of drug-likeness (QED) is 0.830. The fraction of sp³-hybridized carbons (Fsp3) is 0.524. The van der Waals surface area contributed by atoms with Crippen molar-refractivity contribution < 1.29 is 9.59 Å². The van der Waals surface area contributed by atoms with Crippen molar-refractivity contribution in [3.63, 3.8) is 0 Å². The van der Waals surface area contributed by atoms with E-state index >= 15 is 0 Å². The van der Waals surface area contributed by atoms with Gasteiger partial charge in [-0.3, -0.25) is 9.59 Å². The third-order valence-corrected chi connectivity index (χ3v) is 5.53. The highest BCUT2D eigenvalue weighted by molar-refractivity contribution is 5.94. The molecule has 1 saturated heterocycles. The normalized spacial score (nSPS) is 16.2. The number of hydrogen-bond donors (Lipinski definition) is 1. The van der Waals surface area contributed by atoms with Crippen LogP contribution in [0.25, 0.3) is 0 Å². The van der Waals surface area contributed by atoms with Gasteiger partial charge in [0.15, 0.2) is 0 Å². The van der Waals surface area contributed by atoms with Gasteiger partial charge >= 0.3 is 0 Å². The largest absolute Gasteiger partial charge is 0.353 e. The van der Waals surface area contributed by atoms with Crippen molar-refractivity contribution in [1.29, 1.82) is 0 Å². The molecule has 1 aromatic carbocycles. The lowest BCUT2D eigenvalue weighted by Crippen LogP contribution is -2.45. The van der Waals surface area contributed by atoms with Crippen LogP contribution >= 0.6 is 0 Å². The minimum Gasteiger partial charge on any atom is -0.353 e. The number of carbonyl (C=O) groups is 2. The molecule has 7 nitrogen and oxygen atoms in total. The second-order valence-corrected chi connectivity index (χ2v) is 7.90. The second-order valence-electron chi connectivity index (χ2n) is 7.90. The van der Waals surface area contributed by atoms with Gasteiger partial charge in [-0.05, 0) is 43.4 Å². The van der Waals surface area contributed by atoms with Crippen LogP contribution in [-0.2, 0) is 11.3 Å². The number of piperidine rings is 1. The molecule has 150 valence electrons. The molecule has 1 aromatic heterocycles. The first kappa shape index (κ1) is 20.0. The van der Waals surface area contributed by atoms with Crippen molar-refractivity contribution in [2.24, 2.45) is 11.8 Å². The second kappa shape index (κ2) is 8.99. The standard InChI is InChI=1S/C21H29N5O2/c1-15(2)16(3)24-20(27)18-8-10-25(11-9-18)21(28)19-6-4-17(5-7-19)12-26-14-22-13-23-26/h4-7,13-16,18H,8-12H2,1-3H3,(H,24,27). The van der Waals surface area contributed by atoms with Crippen LogP contribution in [-0.4, -0.2) is 50.6 Å². The third kappa shape index (κ3) is 4.97. The Labute approximate surface area is 166 Å². The lowest BCUT2D eigenvalue weighted by molar-refractivity contribution is -0.127. The number of nitrogens with zero attached hydrogens (tertiary/aromatic N) is 4. The molecule has 1 fully saturated rings. The highest BCUT2D eigenvalue weighted by Crippen LogP contribution is 2.20. The van der Waals surface area contributed by atoms with E-state index in [4.69, 9.17) is 0 Å². The first-order valence-corrected chi connectivity index (χ1v) is 9.95. The summed E-state index contributed by atoms with van der Waals surface area (Å²) in [5.74, 6) is 0.556. The van der Waals surface area contributed by atoms with Gasteiger partial charge in [0.25, 0.3) is 5.91 Å². The maximum absolute atomic E-state index is 12.8. The van der Waals surface area contributed by atoms with Gasteiger partial charge in [-0.1, -0.05) is 26.0 Å². The van der Waals surface area contributed by atoms with E-state index in [1.54, 1.807) is 11.0 Å². The molecule has 0 bridgehead atoms. The Morgan fingerprint density at radius 2 is 1.82 bits per heavy atom. The topological polar surface area (TPSA) is 80.1 Å². The van der Waals surface area contributed by atoms with Crippen LogP contribution in [0.5, 0.6) is 0 Å². The van der Waals surface area contributed by atoms with Crippen LogP contribution in [0.3, 0.4) is 0 Å². The average molecular weight is 383 g/mol. The maximum Gasteiger partial charge on any atom is 0.253 e. The molecule has 1 N–H and O–H groups in total. The summed E-state index contributed by atoms with van der Waals surface area (Å²) in [5.41, 5.74) is 1.75. The average Bonchev–Trinajstić information content (AvgIpc) is 3.21. The highest BCUT2D eigenvalue weighted by Gasteiger charge is 2.28. The Bertz CT molecular complexity index is 778. The fourth-order valence-electron chi connectivity index (χ4n) is 3.29. The smallest absolute Gasteiger partial charge is 0.253 e. The van der Waals surface area contributed by atoms with E-state index in [0.29, 0.717) is 44.0 Å². The number of nitrogens with one attached hydrogen (secondary N) is 1. The molecular formula is C21H29N5O2. The number of likely N-dealkylation sites (tertiary alicyclic amines) is 1. The lowest BCUT2D eigenvalue weighted by atomic mass is 9.94. The summed E-state index contributed by atoms with van der Waals surface area (Å²) >= 11 is 0. The summed E-state index contributed by atoms with van der Waals surface area (Å²) in [6, 6.07) is 7.78. The van der Waals surface area contributed by atoms with E-state index in [1.165, 1.54) is 6.33 Å². The third-order valence-electron chi connectivity index (χ3n) is 5.53. The first-order valence-electron chi connectivity index (χ1n) is 9.95. The highest BCUT2D eigenvalue weighted by atomic mass is 16.2. The molecule has 28 heavy (non-hydrogen) atoms. The van der Waals surface area contributed by atoms with Crippen LogP contribution in [0.2, 0.25) is 0 Å². The van der Waals surface area contributed by atoms with E-state index in [-0.39, 0.29) is 23.8 Å². The Morgan fingerprint density at radius 1 is 1.14 bits per heavy atom. The lowest BCUT2D eigenvalue weighted by Gasteiger charge is -2.32. The molecule has 0 radical (unpaired) electrons. The Morgan fingerprint density at radius 3 is 2.39 bits per heavy atom. The van der Waals surface area contributed by atoms with E-state index in [2.05, 4.69) is 29.2 Å². The van der Waals surface area contributed by atoms with Gasteiger partial charge in [-0.15, -0.1) is 0 Å². The number of amides is 2. The van der Waals surface area contributed by atoms with E-state index < -0.39 is 0 Å². The van der Waals surface area contributed by atoms with Gasteiger partial charge in [0.2, 0.25) is 5.91 Å². The van der Waals surface area contributed by atoms with Crippen LogP contribution in [0, 0.1) is 11.8 Å². The van der Waals surface area contributed by atoms with Gasteiger partial charge in [0.05, 0.1) is 6.54 Å². The molecule has 3 rings (SSSR count). The number of aromatic nitrogens is 3. The minimum atomic E-state index is -0.00435. The zero-order valence-corrected chi connectivity index (χ0v) is 16.8. The molecular weight excluding hydrogens is 354 g/mol. The fourth-order valence-corrected chi connectivity index (χ4v) is 3.29. The zero-order chi connectivity index (χ0) is 20.1. The molecule has 0 spiro atoms. The van der Waals surface area contributed by atoms with Gasteiger partial charge in [0, 0.05) is 30.6 Å².